The zero-order valence-electron chi connectivity index (χ0n) is 14.9. The summed E-state index contributed by atoms with van der Waals surface area (Å²) in [5.41, 5.74) is 7.07. The standard InChI is InChI=1S/C19H28N2O2S/c1-19(2,3)14-4-5-15-13(10-14)11-16(24-15)18(23)21-8-6-12(7-9-21)17(20)22/h11-12,14H,4-10H2,1-3H3,(H2,20,22)/t14-/m0/s1. The number of nitrogens with two attached hydrogens (primary N) is 1. The second-order valence-corrected chi connectivity index (χ2v) is 9.47. The fraction of sp³-hybridized carbons (Fsp3) is 0.684. The van der Waals surface area contributed by atoms with Crippen LogP contribution in [0.2, 0.25) is 0 Å². The van der Waals surface area contributed by atoms with Crippen LogP contribution >= 0.6 is 11.3 Å². The predicted molar refractivity (Wildman–Crippen MR) is 97.1 cm³/mol. The summed E-state index contributed by atoms with van der Waals surface area (Å²) in [5, 5.41) is 0. The highest BCUT2D eigenvalue weighted by Crippen LogP contribution is 2.40. The van der Waals surface area contributed by atoms with E-state index in [0.29, 0.717) is 37.3 Å². The summed E-state index contributed by atoms with van der Waals surface area (Å²) < 4.78 is 0. The molecule has 0 unspecified atom stereocenters. The van der Waals surface area contributed by atoms with E-state index in [9.17, 15) is 9.59 Å². The van der Waals surface area contributed by atoms with Crippen molar-refractivity contribution in [2.45, 2.75) is 52.9 Å². The lowest BCUT2D eigenvalue weighted by Gasteiger charge is -2.33. The first kappa shape index (κ1) is 17.5. The van der Waals surface area contributed by atoms with Crippen LogP contribution in [0, 0.1) is 17.3 Å². The van der Waals surface area contributed by atoms with E-state index >= 15 is 0 Å². The SMILES string of the molecule is CC(C)(C)[C@H]1CCc2sc(C(=O)N3CCC(C(N)=O)CC3)cc2C1. The fourth-order valence-corrected chi connectivity index (χ4v) is 5.07. The molecule has 2 aliphatic rings. The number of fused-ring (bicyclic) bond motifs is 1. The molecular weight excluding hydrogens is 320 g/mol. The molecule has 1 fully saturated rings. The third-order valence-corrected chi connectivity index (χ3v) is 6.93. The molecule has 0 bridgehead atoms. The van der Waals surface area contributed by atoms with E-state index in [1.165, 1.54) is 16.9 Å². The average Bonchev–Trinajstić information content (AvgIpc) is 2.96. The Morgan fingerprint density at radius 3 is 2.46 bits per heavy atom. The molecule has 2 heterocycles. The maximum Gasteiger partial charge on any atom is 0.263 e. The van der Waals surface area contributed by atoms with Crippen LogP contribution in [0.25, 0.3) is 0 Å². The summed E-state index contributed by atoms with van der Waals surface area (Å²) in [5.74, 6) is 0.513. The molecule has 1 atom stereocenters. The first-order chi connectivity index (χ1) is 11.3. The van der Waals surface area contributed by atoms with Crippen molar-refractivity contribution in [1.29, 1.82) is 0 Å². The molecule has 4 nitrogen and oxygen atoms in total. The number of hydrogen-bond donors (Lipinski definition) is 1. The lowest BCUT2D eigenvalue weighted by molar-refractivity contribution is -0.123. The molecule has 0 aromatic carbocycles. The highest BCUT2D eigenvalue weighted by molar-refractivity contribution is 7.14. The number of carbonyl (C=O) groups excluding carboxylic acids is 2. The normalized spacial score (nSPS) is 22.3. The number of rotatable bonds is 2. The number of carbonyl (C=O) groups is 2. The summed E-state index contributed by atoms with van der Waals surface area (Å²) in [6.07, 6.45) is 4.79. The molecule has 0 spiro atoms. The van der Waals surface area contributed by atoms with Crippen molar-refractivity contribution >= 4 is 23.2 Å². The smallest absolute Gasteiger partial charge is 0.263 e. The van der Waals surface area contributed by atoms with E-state index in [1.54, 1.807) is 11.3 Å². The van der Waals surface area contributed by atoms with Crippen molar-refractivity contribution in [2.75, 3.05) is 13.1 Å². The Balaban J connectivity index is 1.68. The van der Waals surface area contributed by atoms with Gasteiger partial charge in [-0.1, -0.05) is 20.8 Å². The van der Waals surface area contributed by atoms with E-state index in [-0.39, 0.29) is 17.7 Å². The lowest BCUT2D eigenvalue weighted by atomic mass is 9.72. The van der Waals surface area contributed by atoms with Crippen LogP contribution < -0.4 is 5.73 Å². The van der Waals surface area contributed by atoms with Gasteiger partial charge < -0.3 is 10.6 Å². The highest BCUT2D eigenvalue weighted by Gasteiger charge is 2.32. The lowest BCUT2D eigenvalue weighted by Crippen LogP contribution is -2.41. The zero-order valence-corrected chi connectivity index (χ0v) is 15.7. The van der Waals surface area contributed by atoms with Gasteiger partial charge in [0.2, 0.25) is 5.91 Å². The van der Waals surface area contributed by atoms with E-state index < -0.39 is 0 Å². The molecule has 2 N–H and O–H groups in total. The largest absolute Gasteiger partial charge is 0.369 e. The maximum absolute atomic E-state index is 12.8. The Morgan fingerprint density at radius 2 is 1.88 bits per heavy atom. The van der Waals surface area contributed by atoms with E-state index in [1.807, 2.05) is 4.90 Å². The molecule has 0 radical (unpaired) electrons. The number of hydrogen-bond acceptors (Lipinski definition) is 3. The van der Waals surface area contributed by atoms with Gasteiger partial charge >= 0.3 is 0 Å². The van der Waals surface area contributed by atoms with Gasteiger partial charge in [-0.05, 0) is 55.1 Å². The molecule has 1 saturated heterocycles. The van der Waals surface area contributed by atoms with Crippen molar-refractivity contribution in [3.05, 3.63) is 21.4 Å². The number of primary amides is 1. The summed E-state index contributed by atoms with van der Waals surface area (Å²) in [7, 11) is 0. The van der Waals surface area contributed by atoms with Crippen LogP contribution in [-0.4, -0.2) is 29.8 Å². The van der Waals surface area contributed by atoms with E-state index in [0.717, 1.165) is 17.7 Å². The summed E-state index contributed by atoms with van der Waals surface area (Å²) in [6.45, 7) is 8.21. The predicted octanol–water partition coefficient (Wildman–Crippen LogP) is 3.24. The van der Waals surface area contributed by atoms with Crippen LogP contribution in [0.3, 0.4) is 0 Å². The maximum atomic E-state index is 12.8. The molecular formula is C19H28N2O2S. The van der Waals surface area contributed by atoms with Gasteiger partial charge in [-0.25, -0.2) is 0 Å². The Kier molecular flexibility index (Phi) is 4.73. The molecule has 1 aromatic rings. The van der Waals surface area contributed by atoms with E-state index in [4.69, 9.17) is 5.73 Å². The molecule has 2 amide bonds. The number of aryl methyl sites for hydroxylation is 1. The first-order valence-corrected chi connectivity index (χ1v) is 9.77. The monoisotopic (exact) mass is 348 g/mol. The minimum Gasteiger partial charge on any atom is -0.369 e. The van der Waals surface area contributed by atoms with Gasteiger partial charge in [0.05, 0.1) is 4.88 Å². The Bertz CT molecular complexity index is 636. The van der Waals surface area contributed by atoms with Gasteiger partial charge in [0.25, 0.3) is 5.91 Å². The number of nitrogens with zero attached hydrogens (tertiary/aromatic N) is 1. The van der Waals surface area contributed by atoms with Gasteiger partial charge in [-0.2, -0.15) is 0 Å². The zero-order chi connectivity index (χ0) is 17.5. The second kappa shape index (κ2) is 6.51. The molecule has 1 aliphatic carbocycles. The quantitative estimate of drug-likeness (QED) is 0.892. The van der Waals surface area contributed by atoms with Crippen molar-refractivity contribution in [3.63, 3.8) is 0 Å². The minimum atomic E-state index is -0.234. The Morgan fingerprint density at radius 1 is 1.21 bits per heavy atom. The fourth-order valence-electron chi connectivity index (χ4n) is 3.89. The number of thiophene rings is 1. The third-order valence-electron chi connectivity index (χ3n) is 5.70. The van der Waals surface area contributed by atoms with Crippen LogP contribution in [0.15, 0.2) is 6.07 Å². The van der Waals surface area contributed by atoms with Gasteiger partial charge in [0, 0.05) is 23.9 Å². The molecule has 132 valence electrons. The third kappa shape index (κ3) is 3.51. The first-order valence-electron chi connectivity index (χ1n) is 8.96. The van der Waals surface area contributed by atoms with Gasteiger partial charge in [-0.15, -0.1) is 11.3 Å². The molecule has 1 aliphatic heterocycles. The molecule has 3 rings (SSSR count). The van der Waals surface area contributed by atoms with Gasteiger partial charge in [0.1, 0.15) is 0 Å². The minimum absolute atomic E-state index is 0.0712. The molecule has 1 aromatic heterocycles. The van der Waals surface area contributed by atoms with Crippen molar-refractivity contribution in [1.82, 2.24) is 4.90 Å². The van der Waals surface area contributed by atoms with Crippen LogP contribution in [0.5, 0.6) is 0 Å². The van der Waals surface area contributed by atoms with Crippen molar-refractivity contribution in [2.24, 2.45) is 23.0 Å². The van der Waals surface area contributed by atoms with Crippen molar-refractivity contribution in [3.8, 4) is 0 Å². The van der Waals surface area contributed by atoms with Gasteiger partial charge in [0.15, 0.2) is 0 Å². The van der Waals surface area contributed by atoms with Crippen LogP contribution in [0.1, 0.15) is 60.1 Å². The van der Waals surface area contributed by atoms with Gasteiger partial charge in [-0.3, -0.25) is 9.59 Å². The Labute approximate surface area is 148 Å². The summed E-state index contributed by atoms with van der Waals surface area (Å²) in [6, 6.07) is 2.13. The average molecular weight is 349 g/mol. The molecule has 5 heteroatoms. The number of amides is 2. The van der Waals surface area contributed by atoms with Crippen molar-refractivity contribution < 1.29 is 9.59 Å². The molecule has 24 heavy (non-hydrogen) atoms. The second-order valence-electron chi connectivity index (χ2n) is 8.33. The number of likely N-dealkylation sites (tertiary alicyclic amines) is 1. The summed E-state index contributed by atoms with van der Waals surface area (Å²) >= 11 is 1.67. The molecule has 0 saturated carbocycles. The highest BCUT2D eigenvalue weighted by atomic mass is 32.1. The topological polar surface area (TPSA) is 63.4 Å². The van der Waals surface area contributed by atoms with Crippen LogP contribution in [-0.2, 0) is 17.6 Å². The number of piperidine rings is 1. The van der Waals surface area contributed by atoms with E-state index in [2.05, 4.69) is 26.8 Å². The van der Waals surface area contributed by atoms with Crippen LogP contribution in [0.4, 0.5) is 0 Å². The summed E-state index contributed by atoms with van der Waals surface area (Å²) in [4.78, 5) is 28.2. The Hall–Kier alpha value is -1.36.